The maximum absolute atomic E-state index is 12.3. The van der Waals surface area contributed by atoms with Crippen LogP contribution in [0.4, 0.5) is 5.69 Å². The average Bonchev–Trinajstić information content (AvgIpc) is 3.09. The molecule has 7 nitrogen and oxygen atoms in total. The first-order valence-corrected chi connectivity index (χ1v) is 10.8. The molecule has 3 aromatic rings. The van der Waals surface area contributed by atoms with E-state index in [0.717, 1.165) is 33.4 Å². The smallest absolute Gasteiger partial charge is 0.237 e. The van der Waals surface area contributed by atoms with Gasteiger partial charge in [0.15, 0.2) is 5.82 Å². The summed E-state index contributed by atoms with van der Waals surface area (Å²) in [5.41, 5.74) is 3.76. The Balaban J connectivity index is 1.31. The van der Waals surface area contributed by atoms with E-state index < -0.39 is 0 Å². The number of aromatic nitrogens is 3. The van der Waals surface area contributed by atoms with Gasteiger partial charge in [0, 0.05) is 36.3 Å². The first-order valence-electron chi connectivity index (χ1n) is 9.79. The third-order valence-electron chi connectivity index (χ3n) is 4.90. The van der Waals surface area contributed by atoms with E-state index in [9.17, 15) is 9.59 Å². The van der Waals surface area contributed by atoms with E-state index in [0.29, 0.717) is 18.8 Å². The summed E-state index contributed by atoms with van der Waals surface area (Å²) in [6.07, 6.45) is 2.00. The van der Waals surface area contributed by atoms with E-state index >= 15 is 0 Å². The summed E-state index contributed by atoms with van der Waals surface area (Å²) in [4.78, 5) is 31.8. The molecule has 0 saturated heterocycles. The number of fused-ring (bicyclic) bond motifs is 1. The second kappa shape index (κ2) is 8.71. The summed E-state index contributed by atoms with van der Waals surface area (Å²) in [5.74, 6) is 1.10. The summed E-state index contributed by atoms with van der Waals surface area (Å²) < 4.78 is 1.80. The first-order chi connectivity index (χ1) is 14.5. The van der Waals surface area contributed by atoms with Crippen LogP contribution in [0.1, 0.15) is 23.4 Å². The lowest BCUT2D eigenvalue weighted by Gasteiger charge is -2.28. The van der Waals surface area contributed by atoms with Crippen LogP contribution in [0.25, 0.3) is 5.82 Å². The zero-order chi connectivity index (χ0) is 21.1. The summed E-state index contributed by atoms with van der Waals surface area (Å²) in [7, 11) is 0. The van der Waals surface area contributed by atoms with Crippen molar-refractivity contribution in [1.82, 2.24) is 20.1 Å². The monoisotopic (exact) mass is 421 g/mol. The molecule has 1 aliphatic heterocycles. The summed E-state index contributed by atoms with van der Waals surface area (Å²) in [6, 6.07) is 13.6. The van der Waals surface area contributed by atoms with E-state index in [-0.39, 0.29) is 18.2 Å². The van der Waals surface area contributed by atoms with E-state index in [2.05, 4.69) is 15.4 Å². The molecule has 8 heteroatoms. The maximum Gasteiger partial charge on any atom is 0.237 e. The van der Waals surface area contributed by atoms with Crippen LogP contribution in [0, 0.1) is 13.8 Å². The number of hydrogen-bond donors (Lipinski definition) is 1. The Hall–Kier alpha value is -3.13. The van der Waals surface area contributed by atoms with Crippen LogP contribution in [0.15, 0.2) is 53.6 Å². The molecular formula is C22H23N5O2S. The molecule has 0 bridgehead atoms. The molecule has 154 valence electrons. The molecule has 1 aliphatic rings. The fourth-order valence-corrected chi connectivity index (χ4v) is 4.34. The number of carbonyl (C=O) groups is 2. The Bertz CT molecular complexity index is 1080. The standard InChI is InChI=1S/C22H23N5O2S/c1-15-11-16(2)27(25-15)20-8-7-17(12-23-20)13-24-21(28)9-10-26-18-5-3-4-6-19(18)30-14-22(26)29/h3-8,11-12H,9-10,13-14H2,1-2H3,(H,24,28). The van der Waals surface area contributed by atoms with Gasteiger partial charge in [-0.15, -0.1) is 11.8 Å². The largest absolute Gasteiger partial charge is 0.352 e. The number of rotatable bonds is 6. The molecule has 0 aliphatic carbocycles. The van der Waals surface area contributed by atoms with Gasteiger partial charge < -0.3 is 10.2 Å². The third kappa shape index (κ3) is 4.38. The van der Waals surface area contributed by atoms with Crippen molar-refractivity contribution in [3.05, 3.63) is 65.6 Å². The molecule has 2 amide bonds. The summed E-state index contributed by atoms with van der Waals surface area (Å²) in [6.45, 7) is 4.70. The lowest BCUT2D eigenvalue weighted by Crippen LogP contribution is -2.38. The Kier molecular flexibility index (Phi) is 5.85. The van der Waals surface area contributed by atoms with E-state index in [4.69, 9.17) is 0 Å². The number of aryl methyl sites for hydroxylation is 2. The normalized spacial score (nSPS) is 13.3. The molecule has 1 N–H and O–H groups in total. The average molecular weight is 422 g/mol. The second-order valence-corrected chi connectivity index (χ2v) is 8.21. The highest BCUT2D eigenvalue weighted by Crippen LogP contribution is 2.34. The van der Waals surface area contributed by atoms with Crippen molar-refractivity contribution in [3.8, 4) is 5.82 Å². The van der Waals surface area contributed by atoms with Crippen LogP contribution < -0.4 is 10.2 Å². The van der Waals surface area contributed by atoms with E-state index in [1.54, 1.807) is 15.8 Å². The van der Waals surface area contributed by atoms with Crippen LogP contribution in [-0.4, -0.2) is 38.9 Å². The number of pyridine rings is 1. The van der Waals surface area contributed by atoms with Crippen molar-refractivity contribution in [1.29, 1.82) is 0 Å². The van der Waals surface area contributed by atoms with Crippen molar-refractivity contribution in [2.24, 2.45) is 0 Å². The molecule has 2 aromatic heterocycles. The predicted molar refractivity (Wildman–Crippen MR) is 117 cm³/mol. The number of nitrogens with zero attached hydrogens (tertiary/aromatic N) is 4. The molecule has 4 rings (SSSR count). The molecule has 0 spiro atoms. The molecule has 0 radical (unpaired) electrons. The predicted octanol–water partition coefficient (Wildman–Crippen LogP) is 3.03. The van der Waals surface area contributed by atoms with Gasteiger partial charge in [-0.05, 0) is 43.7 Å². The quantitative estimate of drug-likeness (QED) is 0.662. The highest BCUT2D eigenvalue weighted by molar-refractivity contribution is 8.00. The number of hydrogen-bond acceptors (Lipinski definition) is 5. The van der Waals surface area contributed by atoms with Gasteiger partial charge in [-0.3, -0.25) is 9.59 Å². The van der Waals surface area contributed by atoms with Crippen LogP contribution >= 0.6 is 11.8 Å². The Morgan fingerprint density at radius 2 is 2.03 bits per heavy atom. The maximum atomic E-state index is 12.3. The highest BCUT2D eigenvalue weighted by Gasteiger charge is 2.24. The fourth-order valence-electron chi connectivity index (χ4n) is 3.41. The minimum Gasteiger partial charge on any atom is -0.352 e. The van der Waals surface area contributed by atoms with Crippen LogP contribution in [-0.2, 0) is 16.1 Å². The van der Waals surface area contributed by atoms with Crippen molar-refractivity contribution in [2.45, 2.75) is 31.7 Å². The van der Waals surface area contributed by atoms with Gasteiger partial charge in [0.1, 0.15) is 0 Å². The summed E-state index contributed by atoms with van der Waals surface area (Å²) in [5, 5.41) is 7.33. The highest BCUT2D eigenvalue weighted by atomic mass is 32.2. The van der Waals surface area contributed by atoms with Gasteiger partial charge in [-0.2, -0.15) is 5.10 Å². The Morgan fingerprint density at radius 3 is 2.77 bits per heavy atom. The van der Waals surface area contributed by atoms with Crippen LogP contribution in [0.3, 0.4) is 0 Å². The van der Waals surface area contributed by atoms with E-state index in [1.165, 1.54) is 11.8 Å². The molecule has 0 atom stereocenters. The number of thioether (sulfide) groups is 1. The Labute approximate surface area is 179 Å². The third-order valence-corrected chi connectivity index (χ3v) is 5.94. The van der Waals surface area contributed by atoms with Crippen molar-refractivity contribution in [3.63, 3.8) is 0 Å². The fraction of sp³-hybridized carbons (Fsp3) is 0.273. The minimum atomic E-state index is -0.0962. The zero-order valence-electron chi connectivity index (χ0n) is 17.0. The molecule has 0 unspecified atom stereocenters. The molecule has 0 saturated carbocycles. The second-order valence-electron chi connectivity index (χ2n) is 7.19. The van der Waals surface area contributed by atoms with Crippen molar-refractivity contribution >= 4 is 29.3 Å². The Morgan fingerprint density at radius 1 is 1.20 bits per heavy atom. The number of carbonyl (C=O) groups excluding carboxylic acids is 2. The number of anilines is 1. The number of nitrogens with one attached hydrogen (secondary N) is 1. The molecular weight excluding hydrogens is 398 g/mol. The van der Waals surface area contributed by atoms with Crippen LogP contribution in [0.5, 0.6) is 0 Å². The topological polar surface area (TPSA) is 80.1 Å². The molecule has 3 heterocycles. The van der Waals surface area contributed by atoms with Gasteiger partial charge in [0.2, 0.25) is 11.8 Å². The van der Waals surface area contributed by atoms with Gasteiger partial charge in [-0.25, -0.2) is 9.67 Å². The van der Waals surface area contributed by atoms with Gasteiger partial charge in [0.25, 0.3) is 0 Å². The summed E-state index contributed by atoms with van der Waals surface area (Å²) >= 11 is 1.54. The van der Waals surface area contributed by atoms with E-state index in [1.807, 2.05) is 56.3 Å². The van der Waals surface area contributed by atoms with Gasteiger partial charge >= 0.3 is 0 Å². The zero-order valence-corrected chi connectivity index (χ0v) is 17.8. The van der Waals surface area contributed by atoms with Crippen molar-refractivity contribution < 1.29 is 9.59 Å². The lowest BCUT2D eigenvalue weighted by molar-refractivity contribution is -0.121. The number of benzene rings is 1. The molecule has 0 fully saturated rings. The lowest BCUT2D eigenvalue weighted by atomic mass is 10.2. The van der Waals surface area contributed by atoms with Gasteiger partial charge in [0.05, 0.1) is 17.1 Å². The SMILES string of the molecule is Cc1cc(C)n(-c2ccc(CNC(=O)CCN3C(=O)CSc4ccccc43)cn2)n1. The van der Waals surface area contributed by atoms with Crippen molar-refractivity contribution in [2.75, 3.05) is 17.2 Å². The van der Waals surface area contributed by atoms with Gasteiger partial charge in [-0.1, -0.05) is 18.2 Å². The molecule has 1 aromatic carbocycles. The number of para-hydroxylation sites is 1. The number of amides is 2. The molecule has 30 heavy (non-hydrogen) atoms. The first kappa shape index (κ1) is 20.2. The van der Waals surface area contributed by atoms with Crippen LogP contribution in [0.2, 0.25) is 0 Å². The minimum absolute atomic E-state index is 0.0374.